The molecule has 17 heavy (non-hydrogen) atoms. The number of hydrogen-bond donors (Lipinski definition) is 3. The van der Waals surface area contributed by atoms with Gasteiger partial charge < -0.3 is 15.3 Å². The Morgan fingerprint density at radius 1 is 0.588 bits per heavy atom. The Kier molecular flexibility index (Phi) is 1.89. The van der Waals surface area contributed by atoms with Crippen LogP contribution >= 0.6 is 0 Å². The topological polar surface area (TPSA) is 60.7 Å². The maximum atomic E-state index is 10.1. The number of phenols is 3. The second-order valence-corrected chi connectivity index (χ2v) is 4.04. The van der Waals surface area contributed by atoms with Crippen LogP contribution in [0, 0.1) is 0 Å². The summed E-state index contributed by atoms with van der Waals surface area (Å²) in [5, 5.41) is 31.8. The molecule has 0 unspecified atom stereocenters. The van der Waals surface area contributed by atoms with Crippen molar-refractivity contribution in [3.05, 3.63) is 42.5 Å². The highest BCUT2D eigenvalue weighted by Gasteiger charge is 2.07. The second-order valence-electron chi connectivity index (χ2n) is 4.04. The third kappa shape index (κ3) is 1.44. The fraction of sp³-hybridized carbons (Fsp3) is 0. The molecule has 3 heteroatoms. The monoisotopic (exact) mass is 226 g/mol. The van der Waals surface area contributed by atoms with E-state index in [1.54, 1.807) is 24.3 Å². The number of fused-ring (bicyclic) bond motifs is 2. The van der Waals surface area contributed by atoms with Gasteiger partial charge in [-0.3, -0.25) is 0 Å². The van der Waals surface area contributed by atoms with Gasteiger partial charge in [-0.25, -0.2) is 0 Å². The smallest absolute Gasteiger partial charge is 0.131 e. The second kappa shape index (κ2) is 3.28. The first-order valence-electron chi connectivity index (χ1n) is 5.22. The Morgan fingerprint density at radius 2 is 1.29 bits per heavy atom. The van der Waals surface area contributed by atoms with Gasteiger partial charge in [0.05, 0.1) is 0 Å². The first-order chi connectivity index (χ1) is 8.15. The average molecular weight is 226 g/mol. The maximum Gasteiger partial charge on any atom is 0.131 e. The molecule has 0 aliphatic heterocycles. The highest BCUT2D eigenvalue weighted by Crippen LogP contribution is 2.36. The molecule has 3 N–H and O–H groups in total. The zero-order valence-electron chi connectivity index (χ0n) is 8.88. The molecule has 3 nitrogen and oxygen atoms in total. The Hall–Kier alpha value is -2.42. The van der Waals surface area contributed by atoms with E-state index in [0.717, 1.165) is 10.8 Å². The van der Waals surface area contributed by atoms with Gasteiger partial charge in [-0.05, 0) is 47.2 Å². The van der Waals surface area contributed by atoms with E-state index in [4.69, 9.17) is 0 Å². The Balaban J connectivity index is 2.52. The minimum absolute atomic E-state index is 0.117. The summed E-state index contributed by atoms with van der Waals surface area (Å²) in [6.07, 6.45) is 0. The Labute approximate surface area is 97.2 Å². The van der Waals surface area contributed by atoms with E-state index >= 15 is 0 Å². The van der Waals surface area contributed by atoms with Crippen molar-refractivity contribution in [1.82, 2.24) is 0 Å². The van der Waals surface area contributed by atoms with Crippen LogP contribution in [-0.2, 0) is 0 Å². The summed E-state index contributed by atoms with van der Waals surface area (Å²) in [5.74, 6) is 0.398. The fourth-order valence-corrected chi connectivity index (χ4v) is 2.07. The minimum atomic E-state index is 0.117. The number of aromatic hydroxyl groups is 3. The molecular formula is C14H10O3. The van der Waals surface area contributed by atoms with Crippen LogP contribution in [0.5, 0.6) is 17.2 Å². The van der Waals surface area contributed by atoms with Crippen LogP contribution in [0.4, 0.5) is 0 Å². The third-order valence-corrected chi connectivity index (χ3v) is 2.89. The van der Waals surface area contributed by atoms with E-state index < -0.39 is 0 Å². The minimum Gasteiger partial charge on any atom is -0.508 e. The number of phenolic OH excluding ortho intramolecular Hbond substituents is 3. The number of rotatable bonds is 0. The lowest BCUT2D eigenvalue weighted by Crippen LogP contribution is -1.79. The van der Waals surface area contributed by atoms with Gasteiger partial charge in [0.1, 0.15) is 17.2 Å². The maximum absolute atomic E-state index is 10.1. The van der Waals surface area contributed by atoms with Crippen LogP contribution in [-0.4, -0.2) is 15.3 Å². The van der Waals surface area contributed by atoms with Crippen LogP contribution in [0.1, 0.15) is 0 Å². The van der Waals surface area contributed by atoms with Crippen LogP contribution in [0.2, 0.25) is 0 Å². The van der Waals surface area contributed by atoms with Gasteiger partial charge in [0.15, 0.2) is 0 Å². The van der Waals surface area contributed by atoms with Crippen molar-refractivity contribution >= 4 is 21.5 Å². The van der Waals surface area contributed by atoms with Crippen molar-refractivity contribution in [2.45, 2.75) is 0 Å². The van der Waals surface area contributed by atoms with E-state index in [2.05, 4.69) is 0 Å². The molecule has 3 rings (SSSR count). The van der Waals surface area contributed by atoms with Gasteiger partial charge >= 0.3 is 0 Å². The van der Waals surface area contributed by atoms with Crippen molar-refractivity contribution in [2.75, 3.05) is 0 Å². The summed E-state index contributed by atoms with van der Waals surface area (Å²) >= 11 is 0. The van der Waals surface area contributed by atoms with Gasteiger partial charge in [-0.15, -0.1) is 0 Å². The summed E-state index contributed by atoms with van der Waals surface area (Å²) in [5.41, 5.74) is 0. The highest BCUT2D eigenvalue weighted by molar-refractivity contribution is 6.05. The first kappa shape index (κ1) is 9.78. The molecule has 0 aromatic heterocycles. The molecule has 0 bridgehead atoms. The SMILES string of the molecule is Oc1ccc2c(O)c3cc(O)ccc3cc2c1. The number of hydrogen-bond acceptors (Lipinski definition) is 3. The predicted molar refractivity (Wildman–Crippen MR) is 66.4 cm³/mol. The molecule has 0 saturated carbocycles. The van der Waals surface area contributed by atoms with Gasteiger partial charge in [-0.1, -0.05) is 6.07 Å². The molecular weight excluding hydrogens is 216 g/mol. The molecule has 84 valence electrons. The van der Waals surface area contributed by atoms with E-state index in [1.165, 1.54) is 12.1 Å². The van der Waals surface area contributed by atoms with Crippen LogP contribution in [0.15, 0.2) is 42.5 Å². The lowest BCUT2D eigenvalue weighted by Gasteiger charge is -2.07. The van der Waals surface area contributed by atoms with Crippen molar-refractivity contribution in [3.8, 4) is 17.2 Å². The molecule has 3 aromatic rings. The van der Waals surface area contributed by atoms with Crippen LogP contribution in [0.3, 0.4) is 0 Å². The van der Waals surface area contributed by atoms with Crippen molar-refractivity contribution < 1.29 is 15.3 Å². The zero-order valence-corrected chi connectivity index (χ0v) is 8.88. The molecule has 0 heterocycles. The average Bonchev–Trinajstić information content (AvgIpc) is 2.30. The van der Waals surface area contributed by atoms with Crippen molar-refractivity contribution in [1.29, 1.82) is 0 Å². The van der Waals surface area contributed by atoms with E-state index in [9.17, 15) is 15.3 Å². The summed E-state index contributed by atoms with van der Waals surface area (Å²) in [7, 11) is 0. The summed E-state index contributed by atoms with van der Waals surface area (Å²) in [6, 6.07) is 11.5. The van der Waals surface area contributed by atoms with Gasteiger partial charge in [-0.2, -0.15) is 0 Å². The van der Waals surface area contributed by atoms with E-state index in [0.29, 0.717) is 10.8 Å². The lowest BCUT2D eigenvalue weighted by atomic mass is 10.0. The van der Waals surface area contributed by atoms with Gasteiger partial charge in [0.25, 0.3) is 0 Å². The molecule has 0 saturated heterocycles. The fourth-order valence-electron chi connectivity index (χ4n) is 2.07. The lowest BCUT2D eigenvalue weighted by molar-refractivity contribution is 0.472. The molecule has 0 amide bonds. The van der Waals surface area contributed by atoms with Crippen LogP contribution < -0.4 is 0 Å². The van der Waals surface area contributed by atoms with Gasteiger partial charge in [0.2, 0.25) is 0 Å². The summed E-state index contributed by atoms with van der Waals surface area (Å²) in [6.45, 7) is 0. The molecule has 0 atom stereocenters. The summed E-state index contributed by atoms with van der Waals surface area (Å²) in [4.78, 5) is 0. The first-order valence-corrected chi connectivity index (χ1v) is 5.22. The predicted octanol–water partition coefficient (Wildman–Crippen LogP) is 3.11. The van der Waals surface area contributed by atoms with Crippen LogP contribution in [0.25, 0.3) is 21.5 Å². The standard InChI is InChI=1S/C14H10O3/c15-10-3-4-12-9(6-10)5-8-1-2-11(16)7-13(8)14(12)17/h1-7,15-17H. The Morgan fingerprint density at radius 3 is 2.12 bits per heavy atom. The van der Waals surface area contributed by atoms with Gasteiger partial charge in [0, 0.05) is 10.8 Å². The van der Waals surface area contributed by atoms with E-state index in [-0.39, 0.29) is 17.2 Å². The van der Waals surface area contributed by atoms with E-state index in [1.807, 2.05) is 6.07 Å². The quantitative estimate of drug-likeness (QED) is 0.516. The molecule has 0 radical (unpaired) electrons. The highest BCUT2D eigenvalue weighted by atomic mass is 16.3. The largest absolute Gasteiger partial charge is 0.508 e. The normalized spacial score (nSPS) is 11.1. The Bertz CT molecular complexity index is 732. The van der Waals surface area contributed by atoms with Crippen molar-refractivity contribution in [3.63, 3.8) is 0 Å². The summed E-state index contributed by atoms with van der Waals surface area (Å²) < 4.78 is 0. The number of benzene rings is 3. The third-order valence-electron chi connectivity index (χ3n) is 2.89. The molecule has 0 spiro atoms. The molecule has 0 aliphatic rings. The molecule has 3 aromatic carbocycles. The van der Waals surface area contributed by atoms with Crippen molar-refractivity contribution in [2.24, 2.45) is 0 Å². The zero-order chi connectivity index (χ0) is 12.0. The molecule has 0 aliphatic carbocycles. The molecule has 0 fully saturated rings.